The summed E-state index contributed by atoms with van der Waals surface area (Å²) in [7, 11) is 0. The Hall–Kier alpha value is -1.53. The SMILES string of the molecule is CCCCON=C1CC(OC(F)F)=[C]C(F)=C1F. The van der Waals surface area contributed by atoms with Crippen molar-refractivity contribution in [1.29, 1.82) is 0 Å². The summed E-state index contributed by atoms with van der Waals surface area (Å²) in [5, 5.41) is 3.37. The maximum atomic E-state index is 13.2. The van der Waals surface area contributed by atoms with E-state index in [9.17, 15) is 17.6 Å². The Morgan fingerprint density at radius 1 is 1.39 bits per heavy atom. The zero-order valence-electron chi connectivity index (χ0n) is 9.68. The number of alkyl halides is 2. The Morgan fingerprint density at radius 3 is 2.72 bits per heavy atom. The standard InChI is InChI=1S/C11H12F4NO2/c1-2-3-4-17-16-9-6-7(18-11(14)15)5-8(12)10(9)13/h11H,2-4,6H2,1H3. The van der Waals surface area contributed by atoms with Crippen molar-refractivity contribution in [2.24, 2.45) is 5.16 Å². The van der Waals surface area contributed by atoms with E-state index in [0.29, 0.717) is 6.42 Å². The normalized spacial score (nSPS) is 18.3. The van der Waals surface area contributed by atoms with Crippen LogP contribution in [0.5, 0.6) is 0 Å². The van der Waals surface area contributed by atoms with Crippen molar-refractivity contribution in [2.75, 3.05) is 6.61 Å². The summed E-state index contributed by atoms with van der Waals surface area (Å²) in [5.74, 6) is -3.20. The van der Waals surface area contributed by atoms with Crippen LogP contribution in [0.3, 0.4) is 0 Å². The van der Waals surface area contributed by atoms with Gasteiger partial charge in [-0.1, -0.05) is 18.5 Å². The third-order valence-electron chi connectivity index (χ3n) is 2.02. The van der Waals surface area contributed by atoms with Crippen molar-refractivity contribution in [1.82, 2.24) is 0 Å². The molecular weight excluding hydrogens is 254 g/mol. The second-order valence-electron chi connectivity index (χ2n) is 3.46. The van der Waals surface area contributed by atoms with Crippen molar-refractivity contribution in [3.8, 4) is 0 Å². The maximum absolute atomic E-state index is 13.2. The molecule has 0 aromatic carbocycles. The molecule has 0 bridgehead atoms. The molecule has 1 rings (SSSR count). The van der Waals surface area contributed by atoms with Crippen LogP contribution in [-0.4, -0.2) is 18.9 Å². The van der Waals surface area contributed by atoms with Crippen LogP contribution in [-0.2, 0) is 9.57 Å². The topological polar surface area (TPSA) is 30.8 Å². The van der Waals surface area contributed by atoms with Gasteiger partial charge in [0.05, 0.1) is 12.5 Å². The molecule has 0 unspecified atom stereocenters. The van der Waals surface area contributed by atoms with Gasteiger partial charge >= 0.3 is 6.61 Å². The third kappa shape index (κ3) is 4.38. The maximum Gasteiger partial charge on any atom is 0.387 e. The number of hydrogen-bond donors (Lipinski definition) is 0. The van der Waals surface area contributed by atoms with Gasteiger partial charge in [-0.3, -0.25) is 0 Å². The number of rotatable bonds is 6. The van der Waals surface area contributed by atoms with E-state index in [1.165, 1.54) is 0 Å². The molecule has 0 saturated carbocycles. The van der Waals surface area contributed by atoms with Crippen molar-refractivity contribution in [2.45, 2.75) is 32.8 Å². The molecule has 0 spiro atoms. The average Bonchev–Trinajstić information content (AvgIpc) is 2.29. The fraction of sp³-hybridized carbons (Fsp3) is 0.545. The minimum atomic E-state index is -3.12. The van der Waals surface area contributed by atoms with Crippen molar-refractivity contribution in [3.63, 3.8) is 0 Å². The van der Waals surface area contributed by atoms with E-state index in [2.05, 4.69) is 9.89 Å². The van der Waals surface area contributed by atoms with Gasteiger partial charge in [-0.05, 0) is 6.42 Å². The van der Waals surface area contributed by atoms with Gasteiger partial charge in [0.15, 0.2) is 11.7 Å². The number of halogens is 4. The summed E-state index contributed by atoms with van der Waals surface area (Å²) in [5.41, 5.74) is -0.419. The summed E-state index contributed by atoms with van der Waals surface area (Å²) >= 11 is 0. The fourth-order valence-electron chi connectivity index (χ4n) is 1.16. The summed E-state index contributed by atoms with van der Waals surface area (Å²) in [6.45, 7) is -0.958. The Morgan fingerprint density at radius 2 is 2.11 bits per heavy atom. The highest BCUT2D eigenvalue weighted by Crippen LogP contribution is 2.25. The molecule has 0 amide bonds. The first kappa shape index (κ1) is 14.5. The quantitative estimate of drug-likeness (QED) is 0.417. The first-order chi connectivity index (χ1) is 8.54. The molecule has 0 fully saturated rings. The third-order valence-corrected chi connectivity index (χ3v) is 2.02. The van der Waals surface area contributed by atoms with Crippen LogP contribution < -0.4 is 0 Å². The fourth-order valence-corrected chi connectivity index (χ4v) is 1.16. The van der Waals surface area contributed by atoms with Gasteiger partial charge in [0.1, 0.15) is 18.1 Å². The van der Waals surface area contributed by atoms with Gasteiger partial charge < -0.3 is 9.57 Å². The van der Waals surface area contributed by atoms with E-state index in [0.717, 1.165) is 6.42 Å². The zero-order valence-corrected chi connectivity index (χ0v) is 9.68. The number of nitrogens with zero attached hydrogens (tertiary/aromatic N) is 1. The predicted octanol–water partition coefficient (Wildman–Crippen LogP) is 3.64. The summed E-state index contributed by atoms with van der Waals surface area (Å²) < 4.78 is 54.1. The molecule has 0 saturated heterocycles. The molecule has 1 aliphatic carbocycles. The molecule has 0 aromatic heterocycles. The lowest BCUT2D eigenvalue weighted by atomic mass is 10.1. The Kier molecular flexibility index (Phi) is 5.67. The Balaban J connectivity index is 2.68. The minimum Gasteiger partial charge on any atom is -0.438 e. The summed E-state index contributed by atoms with van der Waals surface area (Å²) in [4.78, 5) is 4.75. The van der Waals surface area contributed by atoms with Crippen molar-refractivity contribution >= 4 is 5.71 Å². The van der Waals surface area contributed by atoms with Crippen LogP contribution in [0.25, 0.3) is 0 Å². The first-order valence-corrected chi connectivity index (χ1v) is 5.36. The summed E-state index contributed by atoms with van der Waals surface area (Å²) in [6.07, 6.45) is 2.88. The van der Waals surface area contributed by atoms with Crippen LogP contribution in [0.1, 0.15) is 26.2 Å². The number of ether oxygens (including phenoxy) is 1. The van der Waals surface area contributed by atoms with E-state index >= 15 is 0 Å². The smallest absolute Gasteiger partial charge is 0.387 e. The number of oxime groups is 1. The van der Waals surface area contributed by atoms with E-state index in [4.69, 9.17) is 4.84 Å². The molecule has 0 heterocycles. The second-order valence-corrected chi connectivity index (χ2v) is 3.46. The van der Waals surface area contributed by atoms with Crippen LogP contribution in [0.15, 0.2) is 22.6 Å². The molecular formula is C11H12F4NO2. The Bertz CT molecular complexity index is 377. The molecule has 0 atom stereocenters. The molecule has 0 N–H and O–H groups in total. The highest BCUT2D eigenvalue weighted by Gasteiger charge is 2.24. The average molecular weight is 266 g/mol. The van der Waals surface area contributed by atoms with Gasteiger partial charge in [-0.2, -0.15) is 8.78 Å². The van der Waals surface area contributed by atoms with Gasteiger partial charge in [0.2, 0.25) is 0 Å². The Labute approximate surface area is 102 Å². The van der Waals surface area contributed by atoms with Gasteiger partial charge in [-0.15, -0.1) is 0 Å². The van der Waals surface area contributed by atoms with Gasteiger partial charge in [-0.25, -0.2) is 8.78 Å². The number of unbranched alkanes of at least 4 members (excludes halogenated alkanes) is 1. The number of hydrogen-bond acceptors (Lipinski definition) is 3. The van der Waals surface area contributed by atoms with Crippen LogP contribution in [0, 0.1) is 6.08 Å². The minimum absolute atomic E-state index is 0.243. The summed E-state index contributed by atoms with van der Waals surface area (Å²) in [6, 6.07) is 0. The van der Waals surface area contributed by atoms with E-state index in [1.807, 2.05) is 6.92 Å². The molecule has 0 aromatic rings. The molecule has 7 heteroatoms. The van der Waals surface area contributed by atoms with Crippen LogP contribution in [0.2, 0.25) is 0 Å². The van der Waals surface area contributed by atoms with E-state index in [-0.39, 0.29) is 6.61 Å². The molecule has 0 aliphatic heterocycles. The molecule has 3 nitrogen and oxygen atoms in total. The molecule has 1 radical (unpaired) electrons. The lowest BCUT2D eigenvalue weighted by Crippen LogP contribution is -2.12. The zero-order chi connectivity index (χ0) is 13.5. The van der Waals surface area contributed by atoms with Crippen molar-refractivity contribution < 1.29 is 27.1 Å². The first-order valence-electron chi connectivity index (χ1n) is 5.36. The monoisotopic (exact) mass is 266 g/mol. The second kappa shape index (κ2) is 7.03. The van der Waals surface area contributed by atoms with Crippen molar-refractivity contribution in [3.05, 3.63) is 23.5 Å². The molecule has 18 heavy (non-hydrogen) atoms. The molecule has 101 valence electrons. The van der Waals surface area contributed by atoms with Gasteiger partial charge in [0, 0.05) is 0 Å². The lowest BCUT2D eigenvalue weighted by molar-refractivity contribution is -0.0976. The van der Waals surface area contributed by atoms with Crippen LogP contribution in [0.4, 0.5) is 17.6 Å². The van der Waals surface area contributed by atoms with E-state index < -0.39 is 36.2 Å². The van der Waals surface area contributed by atoms with Crippen LogP contribution >= 0.6 is 0 Å². The predicted molar refractivity (Wildman–Crippen MR) is 56.0 cm³/mol. The van der Waals surface area contributed by atoms with E-state index in [1.54, 1.807) is 6.08 Å². The van der Waals surface area contributed by atoms with Gasteiger partial charge in [0.25, 0.3) is 0 Å². The molecule has 1 aliphatic rings. The lowest BCUT2D eigenvalue weighted by Gasteiger charge is -2.13. The highest BCUT2D eigenvalue weighted by molar-refractivity contribution is 6.00. The highest BCUT2D eigenvalue weighted by atomic mass is 19.3. The largest absolute Gasteiger partial charge is 0.438 e. The number of allylic oxidation sites excluding steroid dienone is 4.